The molecule has 0 aliphatic heterocycles. The number of hydrogen-bond acceptors (Lipinski definition) is 5. The van der Waals surface area contributed by atoms with E-state index in [4.69, 9.17) is 14.9 Å². The van der Waals surface area contributed by atoms with E-state index in [1.807, 2.05) is 0 Å². The van der Waals surface area contributed by atoms with Gasteiger partial charge < -0.3 is 14.9 Å². The minimum absolute atomic E-state index is 0.221. The number of anilines is 1. The summed E-state index contributed by atoms with van der Waals surface area (Å²) in [7, 11) is 1.47. The van der Waals surface area contributed by atoms with E-state index in [9.17, 15) is 4.39 Å². The molecule has 5 nitrogen and oxygen atoms in total. The zero-order valence-corrected chi connectivity index (χ0v) is 10.1. The SMILES string of the molecule is COc1c(N)ncnc1-c1cc2cc(F)ccc2o1. The third-order valence-corrected chi connectivity index (χ3v) is 2.75. The highest BCUT2D eigenvalue weighted by Gasteiger charge is 2.16. The van der Waals surface area contributed by atoms with Crippen LogP contribution >= 0.6 is 0 Å². The third-order valence-electron chi connectivity index (χ3n) is 2.75. The molecule has 0 amide bonds. The number of furan rings is 1. The quantitative estimate of drug-likeness (QED) is 0.765. The molecular weight excluding hydrogens is 249 g/mol. The van der Waals surface area contributed by atoms with Gasteiger partial charge in [-0.15, -0.1) is 0 Å². The first kappa shape index (κ1) is 11.5. The summed E-state index contributed by atoms with van der Waals surface area (Å²) in [6, 6.07) is 5.97. The molecule has 0 fully saturated rings. The standard InChI is InChI=1S/C13H10FN3O2/c1-18-12-11(16-6-17-13(12)15)10-5-7-4-8(14)2-3-9(7)19-10/h2-6H,1H3,(H2,15,16,17). The molecule has 2 heterocycles. The van der Waals surface area contributed by atoms with Gasteiger partial charge in [-0.3, -0.25) is 0 Å². The number of hydrogen-bond donors (Lipinski definition) is 1. The summed E-state index contributed by atoms with van der Waals surface area (Å²) < 4.78 is 23.9. The summed E-state index contributed by atoms with van der Waals surface area (Å²) in [4.78, 5) is 7.94. The minimum Gasteiger partial charge on any atom is -0.491 e. The van der Waals surface area contributed by atoms with Gasteiger partial charge in [0.2, 0.25) is 0 Å². The fraction of sp³-hybridized carbons (Fsp3) is 0.0769. The lowest BCUT2D eigenvalue weighted by Gasteiger charge is -2.06. The van der Waals surface area contributed by atoms with Gasteiger partial charge in [0.05, 0.1) is 7.11 Å². The molecule has 2 N–H and O–H groups in total. The lowest BCUT2D eigenvalue weighted by molar-refractivity contribution is 0.413. The van der Waals surface area contributed by atoms with Crippen molar-refractivity contribution in [3.8, 4) is 17.2 Å². The summed E-state index contributed by atoms with van der Waals surface area (Å²) in [6.45, 7) is 0. The van der Waals surface area contributed by atoms with Gasteiger partial charge in [0.25, 0.3) is 0 Å². The maximum absolute atomic E-state index is 13.1. The number of nitrogens with zero attached hydrogens (tertiary/aromatic N) is 2. The Kier molecular flexibility index (Phi) is 2.56. The maximum atomic E-state index is 13.1. The molecule has 0 saturated carbocycles. The molecule has 0 radical (unpaired) electrons. The van der Waals surface area contributed by atoms with Crippen LogP contribution in [0.3, 0.4) is 0 Å². The highest BCUT2D eigenvalue weighted by Crippen LogP contribution is 2.34. The van der Waals surface area contributed by atoms with Crippen molar-refractivity contribution in [2.45, 2.75) is 0 Å². The van der Waals surface area contributed by atoms with Crippen molar-refractivity contribution in [1.29, 1.82) is 0 Å². The number of ether oxygens (including phenoxy) is 1. The van der Waals surface area contributed by atoms with Gasteiger partial charge in [0, 0.05) is 5.39 Å². The average Bonchev–Trinajstić information content (AvgIpc) is 2.81. The second-order valence-electron chi connectivity index (χ2n) is 3.93. The van der Waals surface area contributed by atoms with Crippen LogP contribution in [0.25, 0.3) is 22.4 Å². The summed E-state index contributed by atoms with van der Waals surface area (Å²) >= 11 is 0. The van der Waals surface area contributed by atoms with Crippen LogP contribution in [0.15, 0.2) is 35.0 Å². The van der Waals surface area contributed by atoms with Crippen LogP contribution in [0.2, 0.25) is 0 Å². The molecule has 96 valence electrons. The number of nitrogen functional groups attached to an aromatic ring is 1. The smallest absolute Gasteiger partial charge is 0.190 e. The molecule has 6 heteroatoms. The predicted octanol–water partition coefficient (Wildman–Crippen LogP) is 2.62. The second-order valence-corrected chi connectivity index (χ2v) is 3.93. The Morgan fingerprint density at radius 1 is 1.26 bits per heavy atom. The molecule has 3 aromatic rings. The zero-order chi connectivity index (χ0) is 13.4. The first-order valence-corrected chi connectivity index (χ1v) is 5.53. The van der Waals surface area contributed by atoms with Gasteiger partial charge in [-0.2, -0.15) is 0 Å². The Hall–Kier alpha value is -2.63. The van der Waals surface area contributed by atoms with E-state index in [1.54, 1.807) is 12.1 Å². The van der Waals surface area contributed by atoms with Crippen molar-refractivity contribution in [1.82, 2.24) is 9.97 Å². The Morgan fingerprint density at radius 2 is 2.11 bits per heavy atom. The topological polar surface area (TPSA) is 74.2 Å². The lowest BCUT2D eigenvalue weighted by atomic mass is 10.2. The lowest BCUT2D eigenvalue weighted by Crippen LogP contribution is -1.99. The molecule has 0 aliphatic carbocycles. The fourth-order valence-electron chi connectivity index (χ4n) is 1.90. The molecule has 1 aromatic carbocycles. The molecule has 0 unspecified atom stereocenters. The molecule has 0 aliphatic rings. The Labute approximate surface area is 107 Å². The van der Waals surface area contributed by atoms with Crippen molar-refractivity contribution in [3.05, 3.63) is 36.4 Å². The van der Waals surface area contributed by atoms with Gasteiger partial charge in [-0.1, -0.05) is 0 Å². The molecule has 0 saturated heterocycles. The van der Waals surface area contributed by atoms with Gasteiger partial charge >= 0.3 is 0 Å². The van der Waals surface area contributed by atoms with E-state index in [2.05, 4.69) is 9.97 Å². The monoisotopic (exact) mass is 259 g/mol. The fourth-order valence-corrected chi connectivity index (χ4v) is 1.90. The number of halogens is 1. The van der Waals surface area contributed by atoms with E-state index < -0.39 is 0 Å². The van der Waals surface area contributed by atoms with E-state index in [1.165, 1.54) is 25.6 Å². The first-order chi connectivity index (χ1) is 9.19. The number of methoxy groups -OCH3 is 1. The number of benzene rings is 1. The largest absolute Gasteiger partial charge is 0.491 e. The molecule has 0 atom stereocenters. The molecule has 19 heavy (non-hydrogen) atoms. The van der Waals surface area contributed by atoms with Gasteiger partial charge in [0.15, 0.2) is 23.0 Å². The Morgan fingerprint density at radius 3 is 2.89 bits per heavy atom. The highest BCUT2D eigenvalue weighted by molar-refractivity contribution is 5.83. The van der Waals surface area contributed by atoms with Crippen molar-refractivity contribution >= 4 is 16.8 Å². The number of nitrogens with two attached hydrogens (primary N) is 1. The Balaban J connectivity index is 2.22. The summed E-state index contributed by atoms with van der Waals surface area (Å²) in [6.07, 6.45) is 1.32. The van der Waals surface area contributed by atoms with Crippen LogP contribution in [0.5, 0.6) is 5.75 Å². The van der Waals surface area contributed by atoms with Crippen LogP contribution < -0.4 is 10.5 Å². The van der Waals surface area contributed by atoms with Gasteiger partial charge in [-0.25, -0.2) is 14.4 Å². The first-order valence-electron chi connectivity index (χ1n) is 5.53. The van der Waals surface area contributed by atoms with Crippen molar-refractivity contribution in [2.75, 3.05) is 12.8 Å². The summed E-state index contributed by atoms with van der Waals surface area (Å²) in [5.41, 5.74) is 6.71. The Bertz CT molecular complexity index is 755. The van der Waals surface area contributed by atoms with Crippen molar-refractivity contribution in [2.24, 2.45) is 0 Å². The van der Waals surface area contributed by atoms with Crippen molar-refractivity contribution < 1.29 is 13.5 Å². The maximum Gasteiger partial charge on any atom is 0.190 e. The van der Waals surface area contributed by atoms with Crippen LogP contribution in [0, 0.1) is 5.82 Å². The van der Waals surface area contributed by atoms with E-state index in [0.29, 0.717) is 28.2 Å². The van der Waals surface area contributed by atoms with Crippen molar-refractivity contribution in [3.63, 3.8) is 0 Å². The number of fused-ring (bicyclic) bond motifs is 1. The molecular formula is C13H10FN3O2. The normalized spacial score (nSPS) is 10.8. The van der Waals surface area contributed by atoms with E-state index in [0.717, 1.165) is 0 Å². The van der Waals surface area contributed by atoms with Crippen LogP contribution in [-0.4, -0.2) is 17.1 Å². The minimum atomic E-state index is -0.325. The molecule has 3 rings (SSSR count). The summed E-state index contributed by atoms with van der Waals surface area (Å²) in [5, 5.41) is 0.647. The number of aromatic nitrogens is 2. The molecule has 0 bridgehead atoms. The van der Waals surface area contributed by atoms with E-state index in [-0.39, 0.29) is 11.6 Å². The van der Waals surface area contributed by atoms with Gasteiger partial charge in [-0.05, 0) is 24.3 Å². The van der Waals surface area contributed by atoms with E-state index >= 15 is 0 Å². The zero-order valence-electron chi connectivity index (χ0n) is 10.1. The predicted molar refractivity (Wildman–Crippen MR) is 68.2 cm³/mol. The third kappa shape index (κ3) is 1.87. The van der Waals surface area contributed by atoms with Crippen LogP contribution in [0.4, 0.5) is 10.2 Å². The average molecular weight is 259 g/mol. The van der Waals surface area contributed by atoms with Gasteiger partial charge in [0.1, 0.15) is 17.7 Å². The molecule has 0 spiro atoms. The van der Waals surface area contributed by atoms with Crippen LogP contribution in [0.1, 0.15) is 0 Å². The molecule has 2 aromatic heterocycles. The second kappa shape index (κ2) is 4.24. The van der Waals surface area contributed by atoms with Crippen LogP contribution in [-0.2, 0) is 0 Å². The summed E-state index contributed by atoms with van der Waals surface area (Å²) in [5.74, 6) is 0.682. The number of rotatable bonds is 2. The highest BCUT2D eigenvalue weighted by atomic mass is 19.1.